The molecule has 0 aliphatic rings. The molecule has 10 nitrogen and oxygen atoms in total. The highest BCUT2D eigenvalue weighted by Gasteiger charge is 2.38. The average molecular weight is 677 g/mol. The highest BCUT2D eigenvalue weighted by Crippen LogP contribution is 2.39. The van der Waals surface area contributed by atoms with E-state index in [0.29, 0.717) is 12.2 Å². The summed E-state index contributed by atoms with van der Waals surface area (Å²) in [5.41, 5.74) is 8.44. The zero-order valence-electron chi connectivity index (χ0n) is 26.3. The van der Waals surface area contributed by atoms with E-state index in [2.05, 4.69) is 4.98 Å². The molecule has 0 saturated heterocycles. The second kappa shape index (κ2) is 15.9. The lowest BCUT2D eigenvalue weighted by atomic mass is 10.0. The van der Waals surface area contributed by atoms with Crippen molar-refractivity contribution in [3.05, 3.63) is 89.5 Å². The lowest BCUT2D eigenvalue weighted by Crippen LogP contribution is -2.25. The quantitative estimate of drug-likeness (QED) is 0.139. The van der Waals surface area contributed by atoms with Gasteiger partial charge >= 0.3 is 18.1 Å². The Morgan fingerprint density at radius 1 is 0.854 bits per heavy atom. The largest absolute Gasteiger partial charge is 0.490 e. The molecule has 0 aliphatic carbocycles. The first kappa shape index (κ1) is 37.0. The molecule has 0 unspecified atom stereocenters. The monoisotopic (exact) mass is 676 g/mol. The summed E-state index contributed by atoms with van der Waals surface area (Å²) >= 11 is 0. The Morgan fingerprint density at radius 2 is 1.42 bits per heavy atom. The number of carbonyl (C=O) groups is 2. The van der Waals surface area contributed by atoms with E-state index >= 15 is 8.78 Å². The molecule has 0 atom stereocenters. The number of carboxylic acids is 2. The van der Waals surface area contributed by atoms with Crippen LogP contribution < -0.4 is 25.0 Å². The summed E-state index contributed by atoms with van der Waals surface area (Å²) in [5.74, 6) is -7.13. The van der Waals surface area contributed by atoms with Crippen LogP contribution in [-0.4, -0.2) is 60.5 Å². The predicted molar refractivity (Wildman–Crippen MR) is 169 cm³/mol. The topological polar surface area (TPSA) is 138 Å². The van der Waals surface area contributed by atoms with Crippen LogP contribution in [0.25, 0.3) is 11.1 Å². The lowest BCUT2D eigenvalue weighted by Gasteiger charge is -2.24. The maximum atomic E-state index is 15.8. The van der Waals surface area contributed by atoms with E-state index in [1.54, 1.807) is 57.1 Å². The van der Waals surface area contributed by atoms with E-state index in [0.717, 1.165) is 16.7 Å². The maximum Gasteiger partial charge on any atom is 0.490 e. The molecule has 15 heteroatoms. The number of aromatic carboxylic acids is 1. The molecule has 3 aromatic carbocycles. The molecular formula is C33H33F5N4O6. The molecule has 0 bridgehead atoms. The number of ether oxygens (including phenoxy) is 2. The summed E-state index contributed by atoms with van der Waals surface area (Å²) in [6.07, 6.45) is -5.08. The van der Waals surface area contributed by atoms with Crippen molar-refractivity contribution in [3.63, 3.8) is 0 Å². The number of aromatic nitrogens is 1. The summed E-state index contributed by atoms with van der Waals surface area (Å²) < 4.78 is 75.0. The van der Waals surface area contributed by atoms with Crippen LogP contribution in [0.15, 0.2) is 66.7 Å². The molecule has 0 radical (unpaired) electrons. The molecule has 256 valence electrons. The first-order chi connectivity index (χ1) is 22.6. The van der Waals surface area contributed by atoms with E-state index < -0.39 is 41.5 Å². The van der Waals surface area contributed by atoms with Crippen LogP contribution in [0.3, 0.4) is 0 Å². The van der Waals surface area contributed by atoms with Gasteiger partial charge in [-0.05, 0) is 60.9 Å². The summed E-state index contributed by atoms with van der Waals surface area (Å²) in [4.78, 5) is 28.0. The van der Waals surface area contributed by atoms with Gasteiger partial charge in [0.15, 0.2) is 0 Å². The van der Waals surface area contributed by atoms with Gasteiger partial charge < -0.3 is 35.2 Å². The van der Waals surface area contributed by atoms with E-state index in [1.807, 2.05) is 30.3 Å². The van der Waals surface area contributed by atoms with Gasteiger partial charge in [-0.25, -0.2) is 9.59 Å². The van der Waals surface area contributed by atoms with Crippen molar-refractivity contribution in [2.24, 2.45) is 5.73 Å². The van der Waals surface area contributed by atoms with E-state index in [1.165, 1.54) is 17.0 Å². The molecule has 4 rings (SSSR count). The molecule has 0 spiro atoms. The van der Waals surface area contributed by atoms with Crippen LogP contribution in [0.4, 0.5) is 33.3 Å². The van der Waals surface area contributed by atoms with Gasteiger partial charge in [0.2, 0.25) is 11.6 Å². The van der Waals surface area contributed by atoms with Crippen molar-refractivity contribution in [2.75, 3.05) is 37.0 Å². The Morgan fingerprint density at radius 3 is 1.94 bits per heavy atom. The average Bonchev–Trinajstić information content (AvgIpc) is 3.05. The minimum absolute atomic E-state index is 0.153. The number of hydrogen-bond donors (Lipinski definition) is 3. The number of anilines is 2. The summed E-state index contributed by atoms with van der Waals surface area (Å²) in [6.45, 7) is 4.47. The molecule has 4 aromatic rings. The molecule has 0 fully saturated rings. The molecule has 0 aliphatic heterocycles. The van der Waals surface area contributed by atoms with Gasteiger partial charge in [-0.1, -0.05) is 30.3 Å². The predicted octanol–water partition coefficient (Wildman–Crippen LogP) is 7.31. The number of hydrogen-bond acceptors (Lipinski definition) is 8. The second-order valence-corrected chi connectivity index (χ2v) is 10.2. The van der Waals surface area contributed by atoms with Crippen molar-refractivity contribution in [3.8, 4) is 34.4 Å². The number of rotatable bonds is 11. The third-order valence-corrected chi connectivity index (χ3v) is 6.78. The number of aliphatic carboxylic acids is 1. The van der Waals surface area contributed by atoms with Crippen LogP contribution in [0, 0.1) is 11.6 Å². The maximum absolute atomic E-state index is 15.8. The van der Waals surface area contributed by atoms with Gasteiger partial charge in [-0.15, -0.1) is 0 Å². The molecular weight excluding hydrogens is 643 g/mol. The summed E-state index contributed by atoms with van der Waals surface area (Å²) in [7, 11) is 3.53. The fourth-order valence-corrected chi connectivity index (χ4v) is 4.33. The zero-order valence-corrected chi connectivity index (χ0v) is 26.3. The van der Waals surface area contributed by atoms with Crippen LogP contribution >= 0.6 is 0 Å². The standard InChI is InChI=1S/C31H32F2N4O4.C2HF3O2/c1-5-37(6-2)28-26(32)29(40-23-12-8-11-21(16-23)20-10-7-9-19(15-20)18-34)35-30(27(28)33)41-25-17-22(36(3)4)13-14-24(25)31(38)39;3-2(4,5)1(6)7/h7-17H,5-6,18,34H2,1-4H3,(H,38,39);(H,6,7). The Hall–Kier alpha value is -5.44. The van der Waals surface area contributed by atoms with Crippen LogP contribution in [0.2, 0.25) is 0 Å². The second-order valence-electron chi connectivity index (χ2n) is 10.2. The number of pyridine rings is 1. The number of nitrogens with zero attached hydrogens (tertiary/aromatic N) is 3. The van der Waals surface area contributed by atoms with Gasteiger partial charge in [-0.2, -0.15) is 26.9 Å². The van der Waals surface area contributed by atoms with Crippen molar-refractivity contribution >= 4 is 23.3 Å². The van der Waals surface area contributed by atoms with E-state index in [9.17, 15) is 23.1 Å². The van der Waals surface area contributed by atoms with Gasteiger partial charge in [-0.3, -0.25) is 0 Å². The van der Waals surface area contributed by atoms with Gasteiger partial charge in [0.05, 0.1) is 0 Å². The fraction of sp³-hybridized carbons (Fsp3) is 0.242. The van der Waals surface area contributed by atoms with Crippen molar-refractivity contribution in [2.45, 2.75) is 26.6 Å². The molecule has 4 N–H and O–H groups in total. The minimum Gasteiger partial charge on any atom is -0.478 e. The number of nitrogens with two attached hydrogens (primary N) is 1. The van der Waals surface area contributed by atoms with Crippen LogP contribution in [0.5, 0.6) is 23.3 Å². The number of benzene rings is 3. The summed E-state index contributed by atoms with van der Waals surface area (Å²) in [5, 5.41) is 16.8. The Bertz CT molecular complexity index is 1760. The van der Waals surface area contributed by atoms with Crippen molar-refractivity contribution in [1.82, 2.24) is 4.98 Å². The third kappa shape index (κ3) is 9.09. The smallest absolute Gasteiger partial charge is 0.478 e. The van der Waals surface area contributed by atoms with E-state index in [-0.39, 0.29) is 35.8 Å². The first-order valence-corrected chi connectivity index (χ1v) is 14.3. The molecule has 1 heterocycles. The molecule has 0 amide bonds. The number of carboxylic acid groups (broad SMARTS) is 2. The highest BCUT2D eigenvalue weighted by atomic mass is 19.4. The van der Waals surface area contributed by atoms with Crippen LogP contribution in [0.1, 0.15) is 29.8 Å². The summed E-state index contributed by atoms with van der Waals surface area (Å²) in [6, 6.07) is 19.0. The van der Waals surface area contributed by atoms with Gasteiger partial charge in [0, 0.05) is 45.5 Å². The van der Waals surface area contributed by atoms with Gasteiger partial charge in [0.25, 0.3) is 11.8 Å². The number of halogens is 5. The highest BCUT2D eigenvalue weighted by molar-refractivity contribution is 5.91. The Labute approximate surface area is 272 Å². The third-order valence-electron chi connectivity index (χ3n) is 6.78. The minimum atomic E-state index is -5.08. The SMILES string of the molecule is CCN(CC)c1c(F)c(Oc2cccc(-c3cccc(CN)c3)c2)nc(Oc2cc(N(C)C)ccc2C(=O)O)c1F.O=C(O)C(F)(F)F. The normalized spacial score (nSPS) is 10.9. The Kier molecular flexibility index (Phi) is 12.3. The number of alkyl halides is 3. The molecule has 1 aromatic heterocycles. The van der Waals surface area contributed by atoms with E-state index in [4.69, 9.17) is 25.1 Å². The lowest BCUT2D eigenvalue weighted by molar-refractivity contribution is -0.192. The zero-order chi connectivity index (χ0) is 35.8. The van der Waals surface area contributed by atoms with Crippen molar-refractivity contribution < 1.29 is 51.2 Å². The first-order valence-electron chi connectivity index (χ1n) is 14.3. The van der Waals surface area contributed by atoms with Gasteiger partial charge in [0.1, 0.15) is 22.7 Å². The fourth-order valence-electron chi connectivity index (χ4n) is 4.33. The molecule has 0 saturated carbocycles. The molecule has 48 heavy (non-hydrogen) atoms. The van der Waals surface area contributed by atoms with Crippen molar-refractivity contribution in [1.29, 1.82) is 0 Å². The van der Waals surface area contributed by atoms with Crippen LogP contribution in [-0.2, 0) is 11.3 Å². The Balaban J connectivity index is 0.000000804.